The van der Waals surface area contributed by atoms with Crippen LogP contribution in [-0.4, -0.2) is 35.6 Å². The molecule has 2 unspecified atom stereocenters. The Morgan fingerprint density at radius 1 is 1.18 bits per heavy atom. The lowest BCUT2D eigenvalue weighted by atomic mass is 10.0. The highest BCUT2D eigenvalue weighted by molar-refractivity contribution is 6.33. The highest BCUT2D eigenvalue weighted by atomic mass is 35.5. The third-order valence-corrected chi connectivity index (χ3v) is 3.51. The number of carbonyl (C=O) groups excluding carboxylic acids is 2. The minimum atomic E-state index is -0.718. The van der Waals surface area contributed by atoms with Crippen LogP contribution in [0.1, 0.15) is 37.6 Å². The molecule has 2 amide bonds. The van der Waals surface area contributed by atoms with Crippen molar-refractivity contribution in [2.24, 2.45) is 5.92 Å². The van der Waals surface area contributed by atoms with Crippen LogP contribution in [-0.2, 0) is 4.79 Å². The second kappa shape index (κ2) is 8.76. The SMILES string of the molecule is CC(C)CC(CO)NC(=O)C(C)NC(=O)c1ccccc1Cl. The molecule has 0 saturated carbocycles. The van der Waals surface area contributed by atoms with Gasteiger partial charge in [-0.05, 0) is 31.4 Å². The number of rotatable bonds is 7. The van der Waals surface area contributed by atoms with E-state index in [-0.39, 0.29) is 18.6 Å². The van der Waals surface area contributed by atoms with Crippen molar-refractivity contribution in [3.63, 3.8) is 0 Å². The molecule has 0 spiro atoms. The quantitative estimate of drug-likeness (QED) is 0.717. The number of aliphatic hydroxyl groups is 1. The Hall–Kier alpha value is -1.59. The van der Waals surface area contributed by atoms with Crippen LogP contribution in [0.3, 0.4) is 0 Å². The Bertz CT molecular complexity index is 520. The topological polar surface area (TPSA) is 78.4 Å². The average molecular weight is 327 g/mol. The molecular weight excluding hydrogens is 304 g/mol. The van der Waals surface area contributed by atoms with Crippen LogP contribution in [0.4, 0.5) is 0 Å². The monoisotopic (exact) mass is 326 g/mol. The molecule has 1 aromatic rings. The number of amides is 2. The fourth-order valence-corrected chi connectivity index (χ4v) is 2.28. The third kappa shape index (κ3) is 5.66. The number of hydrogen-bond donors (Lipinski definition) is 3. The lowest BCUT2D eigenvalue weighted by Crippen LogP contribution is -2.49. The molecule has 6 heteroatoms. The van der Waals surface area contributed by atoms with Crippen molar-refractivity contribution in [1.29, 1.82) is 0 Å². The van der Waals surface area contributed by atoms with Gasteiger partial charge in [0, 0.05) is 0 Å². The summed E-state index contributed by atoms with van der Waals surface area (Å²) in [5, 5.41) is 15.0. The Morgan fingerprint density at radius 2 is 1.82 bits per heavy atom. The first-order valence-corrected chi connectivity index (χ1v) is 7.69. The number of hydrogen-bond acceptors (Lipinski definition) is 3. The van der Waals surface area contributed by atoms with Gasteiger partial charge in [0.15, 0.2) is 0 Å². The van der Waals surface area contributed by atoms with E-state index in [1.807, 2.05) is 13.8 Å². The summed E-state index contributed by atoms with van der Waals surface area (Å²) in [7, 11) is 0. The zero-order valence-corrected chi connectivity index (χ0v) is 13.9. The van der Waals surface area contributed by atoms with Crippen molar-refractivity contribution in [3.8, 4) is 0 Å². The van der Waals surface area contributed by atoms with Crippen LogP contribution in [0.15, 0.2) is 24.3 Å². The van der Waals surface area contributed by atoms with Crippen LogP contribution < -0.4 is 10.6 Å². The minimum absolute atomic E-state index is 0.130. The first kappa shape index (κ1) is 18.5. The van der Waals surface area contributed by atoms with E-state index in [1.54, 1.807) is 31.2 Å². The fraction of sp³-hybridized carbons (Fsp3) is 0.500. The Balaban J connectivity index is 2.60. The molecule has 0 aliphatic rings. The van der Waals surface area contributed by atoms with E-state index in [0.717, 1.165) is 0 Å². The lowest BCUT2D eigenvalue weighted by molar-refractivity contribution is -0.123. The number of halogens is 1. The van der Waals surface area contributed by atoms with E-state index in [1.165, 1.54) is 0 Å². The van der Waals surface area contributed by atoms with Crippen molar-refractivity contribution >= 4 is 23.4 Å². The van der Waals surface area contributed by atoms with Crippen molar-refractivity contribution in [1.82, 2.24) is 10.6 Å². The van der Waals surface area contributed by atoms with Crippen LogP contribution in [0.2, 0.25) is 5.02 Å². The average Bonchev–Trinajstić information content (AvgIpc) is 2.46. The van der Waals surface area contributed by atoms with Gasteiger partial charge in [-0.25, -0.2) is 0 Å². The number of nitrogens with one attached hydrogen (secondary N) is 2. The van der Waals surface area contributed by atoms with Gasteiger partial charge in [-0.2, -0.15) is 0 Å². The number of benzene rings is 1. The number of aliphatic hydroxyl groups excluding tert-OH is 1. The third-order valence-electron chi connectivity index (χ3n) is 3.18. The van der Waals surface area contributed by atoms with E-state index in [2.05, 4.69) is 10.6 Å². The Labute approximate surface area is 136 Å². The summed E-state index contributed by atoms with van der Waals surface area (Å²) in [5.41, 5.74) is 0.324. The lowest BCUT2D eigenvalue weighted by Gasteiger charge is -2.21. The smallest absolute Gasteiger partial charge is 0.253 e. The van der Waals surface area contributed by atoms with Gasteiger partial charge in [0.25, 0.3) is 5.91 Å². The number of carbonyl (C=O) groups is 2. The molecule has 5 nitrogen and oxygen atoms in total. The standard InChI is InChI=1S/C16H23ClN2O3/c1-10(2)8-12(9-20)19-15(21)11(3)18-16(22)13-6-4-5-7-14(13)17/h4-7,10-12,20H,8-9H2,1-3H3,(H,18,22)(H,19,21). The van der Waals surface area contributed by atoms with E-state index >= 15 is 0 Å². The summed E-state index contributed by atoms with van der Waals surface area (Å²) in [6.45, 7) is 5.48. The summed E-state index contributed by atoms with van der Waals surface area (Å²) >= 11 is 5.95. The molecule has 0 aliphatic carbocycles. The molecule has 1 aromatic carbocycles. The van der Waals surface area contributed by atoms with Gasteiger partial charge in [-0.15, -0.1) is 0 Å². The maximum atomic E-state index is 12.1. The van der Waals surface area contributed by atoms with Crippen LogP contribution in [0.25, 0.3) is 0 Å². The summed E-state index contributed by atoms with van der Waals surface area (Å²) in [6, 6.07) is 5.61. The van der Waals surface area contributed by atoms with E-state index in [4.69, 9.17) is 11.6 Å². The molecule has 0 radical (unpaired) electrons. The first-order valence-electron chi connectivity index (χ1n) is 7.31. The predicted molar refractivity (Wildman–Crippen MR) is 86.9 cm³/mol. The molecule has 0 bridgehead atoms. The molecule has 2 atom stereocenters. The van der Waals surface area contributed by atoms with Gasteiger partial charge in [0.05, 0.1) is 23.2 Å². The van der Waals surface area contributed by atoms with Gasteiger partial charge in [-0.1, -0.05) is 37.6 Å². The van der Waals surface area contributed by atoms with Gasteiger partial charge >= 0.3 is 0 Å². The zero-order chi connectivity index (χ0) is 16.7. The molecule has 0 aromatic heterocycles. The maximum absolute atomic E-state index is 12.1. The molecule has 0 fully saturated rings. The van der Waals surface area contributed by atoms with E-state index < -0.39 is 11.9 Å². The second-order valence-corrected chi connectivity index (χ2v) is 6.10. The second-order valence-electron chi connectivity index (χ2n) is 5.69. The van der Waals surface area contributed by atoms with Gasteiger partial charge in [0.1, 0.15) is 6.04 Å². The Morgan fingerprint density at radius 3 is 2.36 bits per heavy atom. The summed E-state index contributed by atoms with van der Waals surface area (Å²) in [4.78, 5) is 24.2. The van der Waals surface area contributed by atoms with Crippen LogP contribution in [0.5, 0.6) is 0 Å². The van der Waals surface area contributed by atoms with Crippen LogP contribution in [0, 0.1) is 5.92 Å². The van der Waals surface area contributed by atoms with E-state index in [9.17, 15) is 14.7 Å². The molecular formula is C16H23ClN2O3. The van der Waals surface area contributed by atoms with Gasteiger partial charge in [0.2, 0.25) is 5.91 Å². The fourth-order valence-electron chi connectivity index (χ4n) is 2.06. The normalized spacial score (nSPS) is 13.5. The van der Waals surface area contributed by atoms with Crippen LogP contribution >= 0.6 is 11.6 Å². The molecule has 0 aliphatic heterocycles. The summed E-state index contributed by atoms with van der Waals surface area (Å²) < 4.78 is 0. The Kier molecular flexibility index (Phi) is 7.35. The van der Waals surface area contributed by atoms with Gasteiger partial charge in [-0.3, -0.25) is 9.59 Å². The minimum Gasteiger partial charge on any atom is -0.394 e. The molecule has 0 saturated heterocycles. The largest absolute Gasteiger partial charge is 0.394 e. The molecule has 122 valence electrons. The van der Waals surface area contributed by atoms with Gasteiger partial charge < -0.3 is 15.7 Å². The van der Waals surface area contributed by atoms with Crippen molar-refractivity contribution in [3.05, 3.63) is 34.9 Å². The van der Waals surface area contributed by atoms with Crippen molar-refractivity contribution in [2.75, 3.05) is 6.61 Å². The maximum Gasteiger partial charge on any atom is 0.253 e. The highest BCUT2D eigenvalue weighted by Gasteiger charge is 2.21. The first-order chi connectivity index (χ1) is 10.3. The van der Waals surface area contributed by atoms with Crippen molar-refractivity contribution in [2.45, 2.75) is 39.3 Å². The summed E-state index contributed by atoms with van der Waals surface area (Å²) in [6.07, 6.45) is 0.674. The molecule has 0 heterocycles. The highest BCUT2D eigenvalue weighted by Crippen LogP contribution is 2.14. The zero-order valence-electron chi connectivity index (χ0n) is 13.1. The molecule has 1 rings (SSSR count). The van der Waals surface area contributed by atoms with Crippen molar-refractivity contribution < 1.29 is 14.7 Å². The molecule has 3 N–H and O–H groups in total. The molecule has 22 heavy (non-hydrogen) atoms. The van der Waals surface area contributed by atoms with E-state index in [0.29, 0.717) is 22.9 Å². The summed E-state index contributed by atoms with van der Waals surface area (Å²) in [5.74, 6) is -0.386. The predicted octanol–water partition coefficient (Wildman–Crippen LogP) is 1.98.